The van der Waals surface area contributed by atoms with Crippen LogP contribution in [0.2, 0.25) is 5.02 Å². The van der Waals surface area contributed by atoms with Gasteiger partial charge in [-0.1, -0.05) is 17.7 Å². The molecular weight excluding hydrogens is 237 g/mol. The van der Waals surface area contributed by atoms with Crippen molar-refractivity contribution in [2.75, 3.05) is 13.2 Å². The summed E-state index contributed by atoms with van der Waals surface area (Å²) in [5.74, 6) is -1.46. The number of nitrogens with one attached hydrogen (secondary N) is 1. The van der Waals surface area contributed by atoms with Crippen molar-refractivity contribution in [2.45, 2.75) is 6.10 Å². The lowest BCUT2D eigenvalue weighted by molar-refractivity contribution is 0.0799. The van der Waals surface area contributed by atoms with Crippen molar-refractivity contribution in [3.8, 4) is 0 Å². The average molecular weight is 248 g/mol. The highest BCUT2D eigenvalue weighted by Gasteiger charge is 2.16. The van der Waals surface area contributed by atoms with Crippen LogP contribution in [-0.2, 0) is 0 Å². The molecule has 16 heavy (non-hydrogen) atoms. The summed E-state index contributed by atoms with van der Waals surface area (Å²) in [5, 5.41) is 19.8. The van der Waals surface area contributed by atoms with Crippen molar-refractivity contribution in [3.63, 3.8) is 0 Å². The van der Waals surface area contributed by atoms with Gasteiger partial charge in [0.05, 0.1) is 23.3 Å². The monoisotopic (exact) mass is 247 g/mol. The summed E-state index contributed by atoms with van der Waals surface area (Å²) >= 11 is 5.66. The first-order valence-corrected chi connectivity index (χ1v) is 4.95. The van der Waals surface area contributed by atoms with E-state index in [1.54, 1.807) is 0 Å². The molecular formula is C10H11ClFNO3. The Kier molecular flexibility index (Phi) is 4.67. The Morgan fingerprint density at radius 1 is 1.56 bits per heavy atom. The largest absolute Gasteiger partial charge is 0.394 e. The van der Waals surface area contributed by atoms with Crippen molar-refractivity contribution in [3.05, 3.63) is 34.6 Å². The Bertz CT molecular complexity index is 366. The standard InChI is InChI=1S/C10H11ClFNO3/c11-7-2-1-3-8(12)9(7)10(16)13-4-6(15)5-14/h1-3,6,14-15H,4-5H2,(H,13,16). The predicted molar refractivity (Wildman–Crippen MR) is 56.8 cm³/mol. The van der Waals surface area contributed by atoms with Gasteiger partial charge in [0.2, 0.25) is 0 Å². The molecule has 88 valence electrons. The zero-order chi connectivity index (χ0) is 12.1. The van der Waals surface area contributed by atoms with Gasteiger partial charge in [-0.2, -0.15) is 0 Å². The van der Waals surface area contributed by atoms with Gasteiger partial charge in [-0.15, -0.1) is 0 Å². The maximum absolute atomic E-state index is 13.3. The van der Waals surface area contributed by atoms with E-state index < -0.39 is 24.4 Å². The van der Waals surface area contributed by atoms with Gasteiger partial charge in [-0.05, 0) is 12.1 Å². The first-order valence-electron chi connectivity index (χ1n) is 4.57. The van der Waals surface area contributed by atoms with Crippen LogP contribution in [-0.4, -0.2) is 35.4 Å². The minimum absolute atomic E-state index is 0.00371. The normalized spacial score (nSPS) is 12.2. The second kappa shape index (κ2) is 5.79. The van der Waals surface area contributed by atoms with Crippen LogP contribution in [0.3, 0.4) is 0 Å². The fourth-order valence-electron chi connectivity index (χ4n) is 1.08. The predicted octanol–water partition coefficient (Wildman–Crippen LogP) is 0.562. The minimum Gasteiger partial charge on any atom is -0.394 e. The summed E-state index contributed by atoms with van der Waals surface area (Å²) in [6.45, 7) is -0.648. The van der Waals surface area contributed by atoms with Crippen molar-refractivity contribution in [2.24, 2.45) is 0 Å². The fraction of sp³-hybridized carbons (Fsp3) is 0.300. The molecule has 0 fully saturated rings. The van der Waals surface area contributed by atoms with E-state index in [0.717, 1.165) is 6.07 Å². The first-order chi connectivity index (χ1) is 7.56. The average Bonchev–Trinajstić information content (AvgIpc) is 2.25. The maximum Gasteiger partial charge on any atom is 0.255 e. The number of hydrogen-bond acceptors (Lipinski definition) is 3. The number of carbonyl (C=O) groups is 1. The summed E-state index contributed by atoms with van der Waals surface area (Å²) in [7, 11) is 0. The number of aliphatic hydroxyl groups excluding tert-OH is 2. The summed E-state index contributed by atoms with van der Waals surface area (Å²) in [5.41, 5.74) is -0.269. The van der Waals surface area contributed by atoms with Gasteiger partial charge in [0.1, 0.15) is 5.82 Å². The van der Waals surface area contributed by atoms with E-state index in [2.05, 4.69) is 5.32 Å². The fourth-order valence-corrected chi connectivity index (χ4v) is 1.33. The van der Waals surface area contributed by atoms with Crippen molar-refractivity contribution in [1.82, 2.24) is 5.32 Å². The molecule has 0 heterocycles. The highest BCUT2D eigenvalue weighted by molar-refractivity contribution is 6.33. The zero-order valence-electron chi connectivity index (χ0n) is 8.28. The second-order valence-corrected chi connectivity index (χ2v) is 3.55. The number of aliphatic hydroxyl groups is 2. The van der Waals surface area contributed by atoms with Gasteiger partial charge in [-0.3, -0.25) is 4.79 Å². The summed E-state index contributed by atoms with van der Waals surface area (Å²) in [4.78, 5) is 11.5. The number of hydrogen-bond donors (Lipinski definition) is 3. The number of halogens is 2. The van der Waals surface area contributed by atoms with Crippen LogP contribution in [0.5, 0.6) is 0 Å². The van der Waals surface area contributed by atoms with E-state index in [1.165, 1.54) is 12.1 Å². The topological polar surface area (TPSA) is 69.6 Å². The number of amides is 1. The quantitative estimate of drug-likeness (QED) is 0.728. The Morgan fingerprint density at radius 3 is 2.81 bits per heavy atom. The molecule has 0 spiro atoms. The van der Waals surface area contributed by atoms with Crippen LogP contribution >= 0.6 is 11.6 Å². The molecule has 0 radical (unpaired) electrons. The molecule has 0 saturated heterocycles. The van der Waals surface area contributed by atoms with Gasteiger partial charge in [-0.25, -0.2) is 4.39 Å². The second-order valence-electron chi connectivity index (χ2n) is 3.14. The first kappa shape index (κ1) is 12.9. The van der Waals surface area contributed by atoms with Crippen LogP contribution in [0, 0.1) is 5.82 Å². The van der Waals surface area contributed by atoms with Crippen LogP contribution in [0.1, 0.15) is 10.4 Å². The number of carbonyl (C=O) groups excluding carboxylic acids is 1. The summed E-state index contributed by atoms with van der Waals surface area (Å²) in [6, 6.07) is 3.89. The van der Waals surface area contributed by atoms with Crippen molar-refractivity contribution in [1.29, 1.82) is 0 Å². The minimum atomic E-state index is -1.07. The molecule has 3 N–H and O–H groups in total. The SMILES string of the molecule is O=C(NCC(O)CO)c1c(F)cccc1Cl. The molecule has 1 atom stereocenters. The van der Waals surface area contributed by atoms with E-state index in [9.17, 15) is 9.18 Å². The zero-order valence-corrected chi connectivity index (χ0v) is 9.04. The molecule has 1 aromatic carbocycles. The van der Waals surface area contributed by atoms with Gasteiger partial charge in [0.25, 0.3) is 5.91 Å². The molecule has 1 unspecified atom stereocenters. The van der Waals surface area contributed by atoms with E-state index in [1.807, 2.05) is 0 Å². The lowest BCUT2D eigenvalue weighted by Gasteiger charge is -2.10. The third kappa shape index (κ3) is 3.16. The Labute approximate surface area is 96.7 Å². The molecule has 6 heteroatoms. The van der Waals surface area contributed by atoms with Crippen molar-refractivity contribution >= 4 is 17.5 Å². The third-order valence-electron chi connectivity index (χ3n) is 1.90. The van der Waals surface area contributed by atoms with Gasteiger partial charge < -0.3 is 15.5 Å². The molecule has 1 aromatic rings. The van der Waals surface area contributed by atoms with Gasteiger partial charge in [0, 0.05) is 6.54 Å². The Balaban J connectivity index is 2.73. The highest BCUT2D eigenvalue weighted by Crippen LogP contribution is 2.18. The number of rotatable bonds is 4. The number of benzene rings is 1. The highest BCUT2D eigenvalue weighted by atomic mass is 35.5. The molecule has 0 saturated carbocycles. The van der Waals surface area contributed by atoms with E-state index in [-0.39, 0.29) is 17.1 Å². The lowest BCUT2D eigenvalue weighted by Crippen LogP contribution is -2.34. The smallest absolute Gasteiger partial charge is 0.255 e. The van der Waals surface area contributed by atoms with Crippen LogP contribution in [0.25, 0.3) is 0 Å². The van der Waals surface area contributed by atoms with Gasteiger partial charge >= 0.3 is 0 Å². The Morgan fingerprint density at radius 2 is 2.25 bits per heavy atom. The van der Waals surface area contributed by atoms with Gasteiger partial charge in [0.15, 0.2) is 0 Å². The van der Waals surface area contributed by atoms with E-state index in [4.69, 9.17) is 21.8 Å². The molecule has 1 amide bonds. The molecule has 4 nitrogen and oxygen atoms in total. The van der Waals surface area contributed by atoms with E-state index >= 15 is 0 Å². The summed E-state index contributed by atoms with van der Waals surface area (Å²) < 4.78 is 13.3. The maximum atomic E-state index is 13.3. The molecule has 0 aliphatic heterocycles. The summed E-state index contributed by atoms with van der Waals surface area (Å²) in [6.07, 6.45) is -1.07. The molecule has 0 aromatic heterocycles. The van der Waals surface area contributed by atoms with Crippen LogP contribution in [0.4, 0.5) is 4.39 Å². The van der Waals surface area contributed by atoms with Crippen LogP contribution in [0.15, 0.2) is 18.2 Å². The molecule has 0 aliphatic rings. The molecule has 0 bridgehead atoms. The van der Waals surface area contributed by atoms with Crippen molar-refractivity contribution < 1.29 is 19.4 Å². The Hall–Kier alpha value is -1.17. The third-order valence-corrected chi connectivity index (χ3v) is 2.21. The molecule has 0 aliphatic carbocycles. The van der Waals surface area contributed by atoms with E-state index in [0.29, 0.717) is 0 Å². The lowest BCUT2D eigenvalue weighted by atomic mass is 10.2. The molecule has 1 rings (SSSR count). The van der Waals surface area contributed by atoms with Crippen LogP contribution < -0.4 is 5.32 Å².